The van der Waals surface area contributed by atoms with Crippen molar-refractivity contribution in [2.24, 2.45) is 0 Å². The number of anilines is 1. The van der Waals surface area contributed by atoms with Gasteiger partial charge in [0.2, 0.25) is 0 Å². The number of phenols is 1. The van der Waals surface area contributed by atoms with Crippen LogP contribution in [-0.2, 0) is 9.59 Å². The van der Waals surface area contributed by atoms with Gasteiger partial charge in [0.25, 0.3) is 5.78 Å². The topological polar surface area (TPSA) is 113 Å². The molecule has 1 fully saturated rings. The van der Waals surface area contributed by atoms with Crippen molar-refractivity contribution in [3.8, 4) is 11.5 Å². The zero-order chi connectivity index (χ0) is 22.1. The van der Waals surface area contributed by atoms with E-state index in [-0.39, 0.29) is 22.9 Å². The Morgan fingerprint density at radius 3 is 2.52 bits per heavy atom. The fraction of sp³-hybridized carbons (Fsp3) is 0.174. The van der Waals surface area contributed by atoms with Crippen LogP contribution in [0.5, 0.6) is 11.5 Å². The lowest BCUT2D eigenvalue weighted by molar-refractivity contribution is -0.132. The lowest BCUT2D eigenvalue weighted by Gasteiger charge is -2.23. The third-order valence-corrected chi connectivity index (χ3v) is 4.93. The van der Waals surface area contributed by atoms with Crippen LogP contribution in [0.25, 0.3) is 5.76 Å². The van der Waals surface area contributed by atoms with Crippen molar-refractivity contribution in [3.05, 3.63) is 77.1 Å². The smallest absolute Gasteiger partial charge is 0.301 e. The average Bonchev–Trinajstić information content (AvgIpc) is 3.29. The molecule has 1 aromatic heterocycles. The Morgan fingerprint density at radius 2 is 1.90 bits per heavy atom. The zero-order valence-corrected chi connectivity index (χ0v) is 16.9. The van der Waals surface area contributed by atoms with Gasteiger partial charge in [-0.15, -0.1) is 0 Å². The van der Waals surface area contributed by atoms with Crippen molar-refractivity contribution < 1.29 is 29.1 Å². The van der Waals surface area contributed by atoms with E-state index in [0.717, 1.165) is 4.90 Å². The Kier molecular flexibility index (Phi) is 5.21. The molecule has 2 heterocycles. The first kappa shape index (κ1) is 20.2. The van der Waals surface area contributed by atoms with Gasteiger partial charge in [0, 0.05) is 11.6 Å². The number of carbonyl (C=O) groups is 2. The van der Waals surface area contributed by atoms with Gasteiger partial charge in [0.05, 0.1) is 18.2 Å². The first-order valence-electron chi connectivity index (χ1n) is 9.67. The van der Waals surface area contributed by atoms with Gasteiger partial charge >= 0.3 is 5.91 Å². The third-order valence-electron chi connectivity index (χ3n) is 4.93. The number of phenolic OH excluding ortho intramolecular Hbond substituents is 1. The quantitative estimate of drug-likeness (QED) is 0.367. The SMILES string of the molecule is CCOc1ccc(C(O)=C2C(=O)C(=O)N(c3cc(C)on3)[C@H]2c2cccc(O)c2)cc1. The minimum Gasteiger partial charge on any atom is -0.508 e. The number of carbonyl (C=O) groups excluding carboxylic acids is 2. The number of aliphatic hydroxyl groups is 1. The van der Waals surface area contributed by atoms with Crippen molar-refractivity contribution in [3.63, 3.8) is 0 Å². The molecule has 0 unspecified atom stereocenters. The van der Waals surface area contributed by atoms with Gasteiger partial charge in [-0.2, -0.15) is 0 Å². The maximum atomic E-state index is 13.0. The van der Waals surface area contributed by atoms with Gasteiger partial charge in [0.1, 0.15) is 23.0 Å². The van der Waals surface area contributed by atoms with Crippen LogP contribution in [0.1, 0.15) is 29.9 Å². The Morgan fingerprint density at radius 1 is 1.16 bits per heavy atom. The van der Waals surface area contributed by atoms with E-state index in [1.165, 1.54) is 18.2 Å². The van der Waals surface area contributed by atoms with Gasteiger partial charge in [0.15, 0.2) is 5.82 Å². The highest BCUT2D eigenvalue weighted by Crippen LogP contribution is 2.42. The summed E-state index contributed by atoms with van der Waals surface area (Å²) in [5.74, 6) is -0.883. The molecule has 4 rings (SSSR count). The van der Waals surface area contributed by atoms with E-state index < -0.39 is 17.7 Å². The maximum Gasteiger partial charge on any atom is 0.301 e. The number of aromatic hydroxyl groups is 1. The fourth-order valence-electron chi connectivity index (χ4n) is 3.58. The zero-order valence-electron chi connectivity index (χ0n) is 16.9. The van der Waals surface area contributed by atoms with Gasteiger partial charge in [-0.1, -0.05) is 17.3 Å². The second-order valence-electron chi connectivity index (χ2n) is 7.02. The van der Waals surface area contributed by atoms with Gasteiger partial charge in [-0.3, -0.25) is 14.5 Å². The molecular formula is C23H20N2O6. The Bertz CT molecular complexity index is 1180. The minimum atomic E-state index is -0.997. The van der Waals surface area contributed by atoms with Crippen LogP contribution in [0.2, 0.25) is 0 Å². The third kappa shape index (κ3) is 3.63. The Balaban J connectivity index is 1.89. The van der Waals surface area contributed by atoms with E-state index in [1.807, 2.05) is 6.92 Å². The Hall–Kier alpha value is -4.07. The van der Waals surface area contributed by atoms with E-state index in [2.05, 4.69) is 5.16 Å². The molecule has 8 heteroatoms. The minimum absolute atomic E-state index is 0.0412. The lowest BCUT2D eigenvalue weighted by Crippen LogP contribution is -2.29. The first-order valence-corrected chi connectivity index (χ1v) is 9.67. The number of aromatic nitrogens is 1. The largest absolute Gasteiger partial charge is 0.508 e. The number of amides is 1. The van der Waals surface area contributed by atoms with Crippen LogP contribution in [0.4, 0.5) is 5.82 Å². The van der Waals surface area contributed by atoms with Crippen molar-refractivity contribution in [1.29, 1.82) is 0 Å². The predicted octanol–water partition coefficient (Wildman–Crippen LogP) is 3.71. The molecule has 31 heavy (non-hydrogen) atoms. The number of Topliss-reactive ketones (excluding diaryl/α,β-unsaturated/α-hetero) is 1. The van der Waals surface area contributed by atoms with Gasteiger partial charge < -0.3 is 19.5 Å². The Labute approximate surface area is 178 Å². The molecule has 3 aromatic rings. The van der Waals surface area contributed by atoms with Gasteiger partial charge in [-0.05, 0) is 55.8 Å². The molecule has 158 valence electrons. The summed E-state index contributed by atoms with van der Waals surface area (Å²) in [6, 6.07) is 13.2. The number of aryl methyl sites for hydroxylation is 1. The van der Waals surface area contributed by atoms with E-state index in [0.29, 0.717) is 29.2 Å². The van der Waals surface area contributed by atoms with Crippen LogP contribution < -0.4 is 9.64 Å². The second-order valence-corrected chi connectivity index (χ2v) is 7.02. The number of ketones is 1. The number of hydrogen-bond acceptors (Lipinski definition) is 7. The van der Waals surface area contributed by atoms with Crippen LogP contribution in [0.3, 0.4) is 0 Å². The van der Waals surface area contributed by atoms with Gasteiger partial charge in [-0.25, -0.2) is 0 Å². The molecule has 1 aliphatic rings. The predicted molar refractivity (Wildman–Crippen MR) is 112 cm³/mol. The summed E-state index contributed by atoms with van der Waals surface area (Å²) >= 11 is 0. The van der Waals surface area contributed by atoms with Crippen molar-refractivity contribution in [2.45, 2.75) is 19.9 Å². The molecule has 1 amide bonds. The van der Waals surface area contributed by atoms with Crippen LogP contribution >= 0.6 is 0 Å². The van der Waals surface area contributed by atoms with Crippen molar-refractivity contribution in [1.82, 2.24) is 5.16 Å². The summed E-state index contributed by atoms with van der Waals surface area (Å²) in [7, 11) is 0. The summed E-state index contributed by atoms with van der Waals surface area (Å²) in [4.78, 5) is 27.1. The van der Waals surface area contributed by atoms with E-state index in [1.54, 1.807) is 43.3 Å². The highest BCUT2D eigenvalue weighted by Gasteiger charge is 2.48. The molecule has 8 nitrogen and oxygen atoms in total. The highest BCUT2D eigenvalue weighted by molar-refractivity contribution is 6.51. The molecule has 1 saturated heterocycles. The second kappa shape index (κ2) is 7.98. The average molecular weight is 420 g/mol. The van der Waals surface area contributed by atoms with Crippen molar-refractivity contribution >= 4 is 23.3 Å². The molecule has 1 atom stereocenters. The van der Waals surface area contributed by atoms with Crippen molar-refractivity contribution in [2.75, 3.05) is 11.5 Å². The first-order chi connectivity index (χ1) is 14.9. The van der Waals surface area contributed by atoms with E-state index in [4.69, 9.17) is 9.26 Å². The summed E-state index contributed by atoms with van der Waals surface area (Å²) < 4.78 is 10.5. The number of hydrogen-bond donors (Lipinski definition) is 2. The molecule has 0 bridgehead atoms. The molecular weight excluding hydrogens is 400 g/mol. The van der Waals surface area contributed by atoms with Crippen LogP contribution in [0, 0.1) is 6.92 Å². The molecule has 2 N–H and O–H groups in total. The van der Waals surface area contributed by atoms with Crippen LogP contribution in [-0.4, -0.2) is 33.7 Å². The molecule has 0 radical (unpaired) electrons. The number of ether oxygens (including phenoxy) is 1. The molecule has 1 aliphatic heterocycles. The van der Waals surface area contributed by atoms with Crippen LogP contribution in [0.15, 0.2) is 64.7 Å². The number of aliphatic hydroxyl groups excluding tert-OH is 1. The van der Waals surface area contributed by atoms with E-state index >= 15 is 0 Å². The number of benzene rings is 2. The highest BCUT2D eigenvalue weighted by atomic mass is 16.5. The fourth-order valence-corrected chi connectivity index (χ4v) is 3.58. The standard InChI is InChI=1S/C23H20N2O6/c1-3-30-17-9-7-14(8-10-17)21(27)19-20(15-5-4-6-16(26)12-15)25(23(29)22(19)28)18-11-13(2)31-24-18/h4-12,20,26-27H,3H2,1-2H3/t20-/m0/s1. The lowest BCUT2D eigenvalue weighted by atomic mass is 9.95. The summed E-state index contributed by atoms with van der Waals surface area (Å²) in [6.45, 7) is 4.01. The molecule has 0 aliphatic carbocycles. The summed E-state index contributed by atoms with van der Waals surface area (Å²) in [5.41, 5.74) is 0.677. The summed E-state index contributed by atoms with van der Waals surface area (Å²) in [5, 5.41) is 24.9. The normalized spacial score (nSPS) is 17.9. The maximum absolute atomic E-state index is 13.0. The molecule has 0 spiro atoms. The number of rotatable bonds is 5. The molecule has 2 aromatic carbocycles. The number of nitrogens with zero attached hydrogens (tertiary/aromatic N) is 2. The monoisotopic (exact) mass is 420 g/mol. The van der Waals surface area contributed by atoms with E-state index in [9.17, 15) is 19.8 Å². The molecule has 0 saturated carbocycles. The summed E-state index contributed by atoms with van der Waals surface area (Å²) in [6.07, 6.45) is 0.